The first-order chi connectivity index (χ1) is 9.97. The highest BCUT2D eigenvalue weighted by Crippen LogP contribution is 2.20. The zero-order chi connectivity index (χ0) is 15.4. The van der Waals surface area contributed by atoms with Gasteiger partial charge >= 0.3 is 0 Å². The summed E-state index contributed by atoms with van der Waals surface area (Å²) in [6.45, 7) is 1.57. The highest BCUT2D eigenvalue weighted by Gasteiger charge is 2.18. The number of halogens is 1. The Labute approximate surface area is 126 Å². The van der Waals surface area contributed by atoms with Crippen molar-refractivity contribution in [3.63, 3.8) is 0 Å². The van der Waals surface area contributed by atoms with E-state index in [0.717, 1.165) is 0 Å². The first-order valence-corrected chi connectivity index (χ1v) is 6.58. The van der Waals surface area contributed by atoms with Gasteiger partial charge in [0.05, 0.1) is 17.3 Å². The number of hydrogen-bond acceptors (Lipinski definition) is 4. The van der Waals surface area contributed by atoms with Gasteiger partial charge in [0.1, 0.15) is 5.76 Å². The lowest BCUT2D eigenvalue weighted by Gasteiger charge is -2.15. The van der Waals surface area contributed by atoms with Crippen molar-refractivity contribution in [2.45, 2.75) is 6.92 Å². The van der Waals surface area contributed by atoms with Crippen LogP contribution in [0.15, 0.2) is 34.9 Å². The lowest BCUT2D eigenvalue weighted by molar-refractivity contribution is -0.116. The average Bonchev–Trinajstić information content (AvgIpc) is 2.87. The van der Waals surface area contributed by atoms with Gasteiger partial charge in [0, 0.05) is 13.1 Å². The number of hydrogen-bond donors (Lipinski definition) is 1. The first kappa shape index (κ1) is 15.1. The lowest BCUT2D eigenvalue weighted by atomic mass is 10.3. The monoisotopic (exact) mass is 307 g/mol. The Hall–Kier alpha value is -2.34. The third-order valence-corrected chi connectivity index (χ3v) is 3.05. The first-order valence-electron chi connectivity index (χ1n) is 6.20. The fraction of sp³-hybridized carbons (Fsp3) is 0.214. The van der Waals surface area contributed by atoms with Crippen molar-refractivity contribution in [1.29, 1.82) is 0 Å². The third kappa shape index (κ3) is 3.82. The second-order valence-corrected chi connectivity index (χ2v) is 4.92. The number of amides is 2. The SMILES string of the molecule is Cc1cc(C(=O)N(C)CC(=O)Nc2ccccc2Cl)no1. The normalized spacial score (nSPS) is 10.2. The number of benzene rings is 1. The van der Waals surface area contributed by atoms with Crippen LogP contribution in [-0.2, 0) is 4.79 Å². The minimum absolute atomic E-state index is 0.115. The number of anilines is 1. The molecular formula is C14H14ClN3O3. The topological polar surface area (TPSA) is 75.4 Å². The van der Waals surface area contributed by atoms with Crippen LogP contribution in [0.1, 0.15) is 16.2 Å². The van der Waals surface area contributed by atoms with Crippen molar-refractivity contribution in [3.05, 3.63) is 46.8 Å². The molecule has 0 spiro atoms. The van der Waals surface area contributed by atoms with E-state index in [1.807, 2.05) is 0 Å². The Kier molecular flexibility index (Phi) is 4.59. The molecule has 2 rings (SSSR count). The van der Waals surface area contributed by atoms with Crippen LogP contribution in [0.4, 0.5) is 5.69 Å². The van der Waals surface area contributed by atoms with E-state index in [0.29, 0.717) is 16.5 Å². The molecule has 0 aliphatic rings. The van der Waals surface area contributed by atoms with Gasteiger partial charge in [-0.25, -0.2) is 0 Å². The summed E-state index contributed by atoms with van der Waals surface area (Å²) < 4.78 is 4.84. The highest BCUT2D eigenvalue weighted by atomic mass is 35.5. The number of aromatic nitrogens is 1. The number of carbonyl (C=O) groups excluding carboxylic acids is 2. The number of nitrogens with one attached hydrogen (secondary N) is 1. The van der Waals surface area contributed by atoms with Gasteiger partial charge in [-0.1, -0.05) is 28.9 Å². The van der Waals surface area contributed by atoms with Crippen LogP contribution in [0.5, 0.6) is 0 Å². The van der Waals surface area contributed by atoms with Gasteiger partial charge in [-0.3, -0.25) is 9.59 Å². The number of likely N-dealkylation sites (N-methyl/N-ethyl adjacent to an activating group) is 1. The molecule has 0 atom stereocenters. The third-order valence-electron chi connectivity index (χ3n) is 2.72. The van der Waals surface area contributed by atoms with Crippen molar-refractivity contribution in [1.82, 2.24) is 10.1 Å². The molecule has 1 aromatic heterocycles. The van der Waals surface area contributed by atoms with Crippen LogP contribution in [0.2, 0.25) is 5.02 Å². The quantitative estimate of drug-likeness (QED) is 0.940. The molecule has 0 aliphatic carbocycles. The molecule has 0 radical (unpaired) electrons. The molecule has 0 saturated carbocycles. The molecule has 1 heterocycles. The lowest BCUT2D eigenvalue weighted by Crippen LogP contribution is -2.35. The standard InChI is InChI=1S/C14H14ClN3O3/c1-9-7-12(17-21-9)14(20)18(2)8-13(19)16-11-6-4-3-5-10(11)15/h3-7H,8H2,1-2H3,(H,16,19). The maximum Gasteiger partial charge on any atom is 0.276 e. The molecule has 7 heteroatoms. The van der Waals surface area contributed by atoms with Gasteiger partial charge in [0.15, 0.2) is 5.69 Å². The van der Waals surface area contributed by atoms with Gasteiger partial charge in [0.25, 0.3) is 5.91 Å². The molecule has 1 N–H and O–H groups in total. The van der Waals surface area contributed by atoms with Crippen LogP contribution in [0.3, 0.4) is 0 Å². The minimum Gasteiger partial charge on any atom is -0.361 e. The Balaban J connectivity index is 1.96. The Bertz CT molecular complexity index is 669. The summed E-state index contributed by atoms with van der Waals surface area (Å²) in [7, 11) is 1.51. The van der Waals surface area contributed by atoms with E-state index in [9.17, 15) is 9.59 Å². The number of aryl methyl sites for hydroxylation is 1. The van der Waals surface area contributed by atoms with Gasteiger partial charge in [-0.15, -0.1) is 0 Å². The smallest absolute Gasteiger partial charge is 0.276 e. The van der Waals surface area contributed by atoms with E-state index in [-0.39, 0.29) is 24.1 Å². The van der Waals surface area contributed by atoms with Gasteiger partial charge in [0.2, 0.25) is 5.91 Å². The number of rotatable bonds is 4. The Morgan fingerprint density at radius 2 is 2.10 bits per heavy atom. The van der Waals surface area contributed by atoms with Crippen LogP contribution in [0.25, 0.3) is 0 Å². The summed E-state index contributed by atoms with van der Waals surface area (Å²) in [6, 6.07) is 8.40. The molecule has 110 valence electrons. The van der Waals surface area contributed by atoms with E-state index in [4.69, 9.17) is 16.1 Å². The van der Waals surface area contributed by atoms with E-state index < -0.39 is 0 Å². The summed E-state index contributed by atoms with van der Waals surface area (Å²) in [4.78, 5) is 25.2. The Morgan fingerprint density at radius 3 is 2.71 bits per heavy atom. The van der Waals surface area contributed by atoms with Crippen molar-refractivity contribution < 1.29 is 14.1 Å². The second-order valence-electron chi connectivity index (χ2n) is 4.51. The summed E-state index contributed by atoms with van der Waals surface area (Å²) in [5.74, 6) is -0.201. The molecule has 6 nitrogen and oxygen atoms in total. The van der Waals surface area contributed by atoms with Crippen molar-refractivity contribution in [2.24, 2.45) is 0 Å². The summed E-state index contributed by atoms with van der Waals surface area (Å²) in [6.07, 6.45) is 0. The molecule has 0 aliphatic heterocycles. The van der Waals surface area contributed by atoms with E-state index in [2.05, 4.69) is 10.5 Å². The molecule has 0 bridgehead atoms. The fourth-order valence-electron chi connectivity index (χ4n) is 1.70. The summed E-state index contributed by atoms with van der Waals surface area (Å²) in [5, 5.41) is 6.70. The number of nitrogens with zero attached hydrogens (tertiary/aromatic N) is 2. The van der Waals surface area contributed by atoms with Gasteiger partial charge in [-0.05, 0) is 19.1 Å². The van der Waals surface area contributed by atoms with Crippen molar-refractivity contribution in [2.75, 3.05) is 18.9 Å². The van der Waals surface area contributed by atoms with E-state index in [1.165, 1.54) is 18.0 Å². The molecule has 2 aromatic rings. The van der Waals surface area contributed by atoms with Crippen LogP contribution >= 0.6 is 11.6 Å². The minimum atomic E-state index is -0.388. The largest absolute Gasteiger partial charge is 0.361 e. The number of para-hydroxylation sites is 1. The molecule has 0 saturated heterocycles. The summed E-state index contributed by atoms with van der Waals surface area (Å²) >= 11 is 5.95. The average molecular weight is 308 g/mol. The molecule has 2 amide bonds. The predicted molar refractivity (Wildman–Crippen MR) is 78.3 cm³/mol. The highest BCUT2D eigenvalue weighted by molar-refractivity contribution is 6.33. The Morgan fingerprint density at radius 1 is 1.38 bits per heavy atom. The van der Waals surface area contributed by atoms with Crippen LogP contribution < -0.4 is 5.32 Å². The maximum absolute atomic E-state index is 12.0. The van der Waals surface area contributed by atoms with Crippen LogP contribution in [-0.4, -0.2) is 35.5 Å². The van der Waals surface area contributed by atoms with Gasteiger partial charge < -0.3 is 14.7 Å². The maximum atomic E-state index is 12.0. The van der Waals surface area contributed by atoms with Crippen molar-refractivity contribution >= 4 is 29.1 Å². The molecule has 1 aromatic carbocycles. The number of carbonyl (C=O) groups is 2. The van der Waals surface area contributed by atoms with E-state index in [1.54, 1.807) is 31.2 Å². The molecule has 0 unspecified atom stereocenters. The zero-order valence-corrected chi connectivity index (χ0v) is 12.3. The van der Waals surface area contributed by atoms with Gasteiger partial charge in [-0.2, -0.15) is 0 Å². The van der Waals surface area contributed by atoms with Crippen molar-refractivity contribution in [3.8, 4) is 0 Å². The molecule has 0 fully saturated rings. The predicted octanol–water partition coefficient (Wildman–Crippen LogP) is 2.35. The summed E-state index contributed by atoms with van der Waals surface area (Å²) in [5.41, 5.74) is 0.669. The molecular weight excluding hydrogens is 294 g/mol. The molecule has 21 heavy (non-hydrogen) atoms. The second kappa shape index (κ2) is 6.41. The van der Waals surface area contributed by atoms with E-state index >= 15 is 0 Å². The fourth-order valence-corrected chi connectivity index (χ4v) is 1.89. The van der Waals surface area contributed by atoms with Crippen LogP contribution in [0, 0.1) is 6.92 Å². The zero-order valence-electron chi connectivity index (χ0n) is 11.6.